The first-order valence-corrected chi connectivity index (χ1v) is 5.97. The topological polar surface area (TPSA) is 48.1 Å². The summed E-state index contributed by atoms with van der Waals surface area (Å²) in [5.74, 6) is 0.836. The highest BCUT2D eigenvalue weighted by Gasteiger charge is 2.05. The molecule has 1 aromatic carbocycles. The molecule has 3 heteroatoms. The summed E-state index contributed by atoms with van der Waals surface area (Å²) in [6.45, 7) is 0.756. The Morgan fingerprint density at radius 2 is 2.12 bits per heavy atom. The van der Waals surface area contributed by atoms with E-state index in [2.05, 4.69) is 17.1 Å². The molecule has 0 spiro atoms. The van der Waals surface area contributed by atoms with Crippen LogP contribution in [-0.4, -0.2) is 18.6 Å². The smallest absolute Gasteiger partial charge is 0.145 e. The lowest BCUT2D eigenvalue weighted by Gasteiger charge is -2.08. The number of fused-ring (bicyclic) bond motifs is 1. The lowest BCUT2D eigenvalue weighted by molar-refractivity contribution is 0.419. The van der Waals surface area contributed by atoms with Gasteiger partial charge in [0.05, 0.1) is 7.11 Å². The molecule has 1 aromatic heterocycles. The highest BCUT2D eigenvalue weighted by atomic mass is 16.5. The van der Waals surface area contributed by atoms with Crippen molar-refractivity contribution in [2.45, 2.75) is 19.3 Å². The summed E-state index contributed by atoms with van der Waals surface area (Å²) in [6.07, 6.45) is 5.08. The molecule has 0 aliphatic rings. The summed E-state index contributed by atoms with van der Waals surface area (Å²) in [7, 11) is 1.68. The molecule has 0 aliphatic heterocycles. The summed E-state index contributed by atoms with van der Waals surface area (Å²) in [5.41, 5.74) is 7.78. The molecule has 3 nitrogen and oxygen atoms in total. The van der Waals surface area contributed by atoms with E-state index in [0.29, 0.717) is 0 Å². The van der Waals surface area contributed by atoms with E-state index in [9.17, 15) is 0 Å². The lowest BCUT2D eigenvalue weighted by atomic mass is 10.0. The van der Waals surface area contributed by atoms with Gasteiger partial charge in [-0.3, -0.25) is 4.98 Å². The molecule has 17 heavy (non-hydrogen) atoms. The number of aryl methyl sites for hydroxylation is 1. The quantitative estimate of drug-likeness (QED) is 0.803. The first kappa shape index (κ1) is 11.9. The lowest BCUT2D eigenvalue weighted by Crippen LogP contribution is -1.99. The van der Waals surface area contributed by atoms with E-state index in [1.807, 2.05) is 18.3 Å². The van der Waals surface area contributed by atoms with E-state index in [1.54, 1.807) is 7.11 Å². The van der Waals surface area contributed by atoms with Gasteiger partial charge in [0, 0.05) is 11.6 Å². The van der Waals surface area contributed by atoms with Gasteiger partial charge in [0.25, 0.3) is 0 Å². The van der Waals surface area contributed by atoms with Crippen molar-refractivity contribution in [3.8, 4) is 5.75 Å². The summed E-state index contributed by atoms with van der Waals surface area (Å²) >= 11 is 0. The molecule has 0 radical (unpaired) electrons. The maximum atomic E-state index is 5.52. The maximum absolute atomic E-state index is 5.52. The van der Waals surface area contributed by atoms with Crippen molar-refractivity contribution in [1.29, 1.82) is 0 Å². The molecule has 90 valence electrons. The minimum absolute atomic E-state index is 0.756. The van der Waals surface area contributed by atoms with Crippen LogP contribution < -0.4 is 10.5 Å². The summed E-state index contributed by atoms with van der Waals surface area (Å²) in [4.78, 5) is 4.39. The Hall–Kier alpha value is -1.61. The Bertz CT molecular complexity index is 497. The van der Waals surface area contributed by atoms with Gasteiger partial charge in [-0.1, -0.05) is 12.1 Å². The molecule has 0 amide bonds. The van der Waals surface area contributed by atoms with Crippen LogP contribution in [0, 0.1) is 0 Å². The number of ether oxygens (including phenoxy) is 1. The van der Waals surface area contributed by atoms with E-state index >= 15 is 0 Å². The number of pyridine rings is 1. The first-order chi connectivity index (χ1) is 8.36. The van der Waals surface area contributed by atoms with E-state index in [0.717, 1.165) is 37.1 Å². The second-order valence-electron chi connectivity index (χ2n) is 4.07. The van der Waals surface area contributed by atoms with Crippen molar-refractivity contribution >= 4 is 10.9 Å². The van der Waals surface area contributed by atoms with Crippen molar-refractivity contribution in [3.05, 3.63) is 36.0 Å². The maximum Gasteiger partial charge on any atom is 0.145 e. The largest absolute Gasteiger partial charge is 0.494 e. The predicted molar refractivity (Wildman–Crippen MR) is 70.3 cm³/mol. The highest BCUT2D eigenvalue weighted by Crippen LogP contribution is 2.26. The van der Waals surface area contributed by atoms with E-state index in [1.165, 1.54) is 10.9 Å². The summed E-state index contributed by atoms with van der Waals surface area (Å²) < 4.78 is 5.33. The van der Waals surface area contributed by atoms with Gasteiger partial charge in [-0.05, 0) is 43.5 Å². The highest BCUT2D eigenvalue weighted by molar-refractivity contribution is 5.87. The normalized spacial score (nSPS) is 10.7. The molecular formula is C14H18N2O. The molecular weight excluding hydrogens is 212 g/mol. The number of methoxy groups -OCH3 is 1. The molecule has 0 aliphatic carbocycles. The van der Waals surface area contributed by atoms with Crippen LogP contribution in [0.15, 0.2) is 30.5 Å². The zero-order valence-electron chi connectivity index (χ0n) is 10.1. The minimum atomic E-state index is 0.756. The number of rotatable bonds is 5. The second kappa shape index (κ2) is 5.64. The number of benzene rings is 1. The zero-order valence-corrected chi connectivity index (χ0v) is 10.1. The van der Waals surface area contributed by atoms with Crippen molar-refractivity contribution in [3.63, 3.8) is 0 Å². The molecule has 0 unspecified atom stereocenters. The van der Waals surface area contributed by atoms with E-state index < -0.39 is 0 Å². The van der Waals surface area contributed by atoms with Crippen molar-refractivity contribution in [2.24, 2.45) is 5.73 Å². The Labute approximate surface area is 102 Å². The fourth-order valence-electron chi connectivity index (χ4n) is 2.05. The van der Waals surface area contributed by atoms with Gasteiger partial charge in [0.2, 0.25) is 0 Å². The Morgan fingerprint density at radius 1 is 1.24 bits per heavy atom. The van der Waals surface area contributed by atoms with Gasteiger partial charge in [-0.15, -0.1) is 0 Å². The van der Waals surface area contributed by atoms with Crippen LogP contribution in [0.5, 0.6) is 5.75 Å². The van der Waals surface area contributed by atoms with Crippen LogP contribution in [0.25, 0.3) is 10.9 Å². The van der Waals surface area contributed by atoms with Crippen molar-refractivity contribution < 1.29 is 4.74 Å². The van der Waals surface area contributed by atoms with Gasteiger partial charge in [0.1, 0.15) is 11.3 Å². The standard InChI is InChI=1S/C14H18N2O/c1-17-13-7-4-6-12-11(5-2-3-9-15)8-10-16-14(12)13/h4,6-8,10H,2-3,5,9,15H2,1H3. The fraction of sp³-hybridized carbons (Fsp3) is 0.357. The van der Waals surface area contributed by atoms with Gasteiger partial charge in [0.15, 0.2) is 0 Å². The summed E-state index contributed by atoms with van der Waals surface area (Å²) in [6, 6.07) is 8.13. The molecule has 0 saturated heterocycles. The zero-order chi connectivity index (χ0) is 12.1. The van der Waals surface area contributed by atoms with Gasteiger partial charge in [-0.2, -0.15) is 0 Å². The number of hydrogen-bond donors (Lipinski definition) is 1. The van der Waals surface area contributed by atoms with Gasteiger partial charge < -0.3 is 10.5 Å². The van der Waals surface area contributed by atoms with Gasteiger partial charge >= 0.3 is 0 Å². The van der Waals surface area contributed by atoms with Crippen LogP contribution in [0.2, 0.25) is 0 Å². The average molecular weight is 230 g/mol. The average Bonchev–Trinajstić information content (AvgIpc) is 2.38. The van der Waals surface area contributed by atoms with Crippen LogP contribution in [-0.2, 0) is 6.42 Å². The minimum Gasteiger partial charge on any atom is -0.494 e. The third-order valence-electron chi connectivity index (χ3n) is 2.94. The predicted octanol–water partition coefficient (Wildman–Crippen LogP) is 2.52. The Morgan fingerprint density at radius 3 is 2.88 bits per heavy atom. The second-order valence-corrected chi connectivity index (χ2v) is 4.07. The third-order valence-corrected chi connectivity index (χ3v) is 2.94. The van der Waals surface area contributed by atoms with Crippen molar-refractivity contribution in [2.75, 3.05) is 13.7 Å². The summed E-state index contributed by atoms with van der Waals surface area (Å²) in [5, 5.41) is 1.18. The number of unbranched alkanes of at least 4 members (excludes halogenated alkanes) is 1. The number of hydrogen-bond acceptors (Lipinski definition) is 3. The molecule has 0 fully saturated rings. The Balaban J connectivity index is 2.36. The number of nitrogens with two attached hydrogens (primary N) is 1. The van der Waals surface area contributed by atoms with Crippen LogP contribution >= 0.6 is 0 Å². The molecule has 0 saturated carbocycles. The van der Waals surface area contributed by atoms with E-state index in [-0.39, 0.29) is 0 Å². The fourth-order valence-corrected chi connectivity index (χ4v) is 2.05. The number of nitrogens with zero attached hydrogens (tertiary/aromatic N) is 1. The van der Waals surface area contributed by atoms with Crippen LogP contribution in [0.3, 0.4) is 0 Å². The van der Waals surface area contributed by atoms with Crippen LogP contribution in [0.4, 0.5) is 0 Å². The molecule has 0 atom stereocenters. The molecule has 2 N–H and O–H groups in total. The SMILES string of the molecule is COc1cccc2c(CCCCN)ccnc12. The molecule has 2 aromatic rings. The van der Waals surface area contributed by atoms with Gasteiger partial charge in [-0.25, -0.2) is 0 Å². The third kappa shape index (κ3) is 2.56. The van der Waals surface area contributed by atoms with E-state index in [4.69, 9.17) is 10.5 Å². The monoisotopic (exact) mass is 230 g/mol. The van der Waals surface area contributed by atoms with Crippen molar-refractivity contribution in [1.82, 2.24) is 4.98 Å². The first-order valence-electron chi connectivity index (χ1n) is 5.97. The number of para-hydroxylation sites is 1. The molecule has 0 bridgehead atoms. The number of aromatic nitrogens is 1. The molecule has 1 heterocycles. The van der Waals surface area contributed by atoms with Crippen LogP contribution in [0.1, 0.15) is 18.4 Å². The Kier molecular flexibility index (Phi) is 3.94. The molecule has 2 rings (SSSR count).